The van der Waals surface area contributed by atoms with Gasteiger partial charge in [0.15, 0.2) is 5.96 Å². The summed E-state index contributed by atoms with van der Waals surface area (Å²) in [4.78, 5) is 49.3. The van der Waals surface area contributed by atoms with E-state index in [0.717, 1.165) is 0 Å². The van der Waals surface area contributed by atoms with Gasteiger partial charge in [-0.05, 0) is 18.2 Å². The second-order valence-electron chi connectivity index (χ2n) is 5.03. The van der Waals surface area contributed by atoms with Gasteiger partial charge in [-0.3, -0.25) is 25.1 Å². The number of aliphatic imine (C=N–C) groups is 1. The summed E-state index contributed by atoms with van der Waals surface area (Å²) in [5, 5.41) is 10.6. The highest BCUT2D eigenvalue weighted by atomic mass is 16.5. The van der Waals surface area contributed by atoms with Gasteiger partial charge in [0, 0.05) is 5.56 Å². The van der Waals surface area contributed by atoms with Crippen molar-refractivity contribution in [2.45, 2.75) is 12.5 Å². The number of primary amides is 1. The molecule has 1 aromatic rings. The Hall–Kier alpha value is -3.87. The quantitative estimate of drug-likeness (QED) is 0.148. The van der Waals surface area contributed by atoms with E-state index in [4.69, 9.17) is 27.0 Å². The van der Waals surface area contributed by atoms with Gasteiger partial charge in [0.25, 0.3) is 5.91 Å². The first kappa shape index (κ1) is 21.2. The zero-order chi connectivity index (χ0) is 20.6. The van der Waals surface area contributed by atoms with E-state index in [1.54, 1.807) is 0 Å². The van der Waals surface area contributed by atoms with E-state index in [0.29, 0.717) is 0 Å². The number of hydrazine groups is 1. The molecule has 0 heterocycles. The number of carbonyl (C=O) groups is 4. The van der Waals surface area contributed by atoms with Crippen LogP contribution in [0.1, 0.15) is 16.8 Å². The number of amides is 4. The lowest BCUT2D eigenvalue weighted by atomic mass is 10.2. The van der Waals surface area contributed by atoms with Crippen molar-refractivity contribution in [3.05, 3.63) is 23.8 Å². The summed E-state index contributed by atoms with van der Waals surface area (Å²) in [6, 6.07) is 1.65. The number of nitrogens with one attached hydrogen (secondary N) is 3. The Morgan fingerprint density at radius 3 is 2.41 bits per heavy atom. The number of imide groups is 1. The van der Waals surface area contributed by atoms with Gasteiger partial charge in [-0.1, -0.05) is 0 Å². The molecule has 0 radical (unpaired) electrons. The van der Waals surface area contributed by atoms with Gasteiger partial charge in [0.2, 0.25) is 5.91 Å². The molecule has 0 aliphatic rings. The number of carboxylic acids is 1. The number of methoxy groups -OCH3 is 1. The van der Waals surface area contributed by atoms with Crippen molar-refractivity contribution in [1.29, 1.82) is 0 Å². The van der Waals surface area contributed by atoms with E-state index in [9.17, 15) is 19.2 Å². The highest BCUT2D eigenvalue weighted by Gasteiger charge is 2.20. The van der Waals surface area contributed by atoms with Gasteiger partial charge >= 0.3 is 12.0 Å². The molecular weight excluding hydrogens is 362 g/mol. The number of nitrogens with zero attached hydrogens (tertiary/aromatic N) is 1. The Labute approximate surface area is 152 Å². The van der Waals surface area contributed by atoms with Crippen molar-refractivity contribution in [3.63, 3.8) is 0 Å². The summed E-state index contributed by atoms with van der Waals surface area (Å²) in [7, 11) is 1.34. The number of guanidine groups is 1. The predicted molar refractivity (Wildman–Crippen MR) is 92.8 cm³/mol. The molecule has 0 aliphatic carbocycles. The van der Waals surface area contributed by atoms with E-state index in [1.165, 1.54) is 25.3 Å². The van der Waals surface area contributed by atoms with E-state index >= 15 is 0 Å². The SMILES string of the molecule is COc1cc(C(=O)NC(=O)NN[C@@H](CC(=O)O)C(N)=O)ccc1N=C(N)N. The summed E-state index contributed by atoms with van der Waals surface area (Å²) in [5.74, 6) is -3.13. The maximum Gasteiger partial charge on any atom is 0.336 e. The van der Waals surface area contributed by atoms with Crippen LogP contribution in [0.2, 0.25) is 0 Å². The third-order valence-electron chi connectivity index (χ3n) is 3.00. The number of rotatable bonds is 8. The van der Waals surface area contributed by atoms with Crippen LogP contribution in [0.5, 0.6) is 5.75 Å². The van der Waals surface area contributed by atoms with Gasteiger partial charge in [0.05, 0.1) is 13.5 Å². The Kier molecular flexibility index (Phi) is 7.51. The molecule has 0 saturated heterocycles. The fraction of sp³-hybridized carbons (Fsp3) is 0.214. The first-order valence-electron chi connectivity index (χ1n) is 7.29. The van der Waals surface area contributed by atoms with Crippen LogP contribution in [0.4, 0.5) is 10.5 Å². The average molecular weight is 381 g/mol. The lowest BCUT2D eigenvalue weighted by Crippen LogP contribution is -2.54. The third-order valence-corrected chi connectivity index (χ3v) is 3.00. The minimum absolute atomic E-state index is 0.0496. The minimum atomic E-state index is -1.36. The number of carbonyl (C=O) groups excluding carboxylic acids is 3. The number of hydrogen-bond acceptors (Lipinski definition) is 7. The average Bonchev–Trinajstić information content (AvgIpc) is 2.57. The van der Waals surface area contributed by atoms with Crippen molar-refractivity contribution in [3.8, 4) is 5.75 Å². The summed E-state index contributed by atoms with van der Waals surface area (Å²) < 4.78 is 5.07. The molecule has 0 spiro atoms. The van der Waals surface area contributed by atoms with Crippen molar-refractivity contribution < 1.29 is 29.0 Å². The van der Waals surface area contributed by atoms with Crippen LogP contribution in [0.25, 0.3) is 0 Å². The van der Waals surface area contributed by atoms with Crippen molar-refractivity contribution in [2.75, 3.05) is 7.11 Å². The zero-order valence-corrected chi connectivity index (χ0v) is 14.2. The summed E-state index contributed by atoms with van der Waals surface area (Å²) in [6.45, 7) is 0. The van der Waals surface area contributed by atoms with Gasteiger partial charge < -0.3 is 27.0 Å². The molecule has 0 saturated carbocycles. The fourth-order valence-electron chi connectivity index (χ4n) is 1.81. The standard InChI is InChI=1S/C14H19N7O6/c1-27-9-4-6(2-3-7(9)18-13(16)17)12(25)19-14(26)21-20-8(11(15)24)5-10(22)23/h2-4,8,20H,5H2,1H3,(H2,15,24)(H,22,23)(H4,16,17,18)(H2,19,21,25,26)/t8-/m0/s1. The molecule has 0 aromatic heterocycles. The molecule has 146 valence electrons. The number of nitrogens with two attached hydrogens (primary N) is 3. The van der Waals surface area contributed by atoms with Gasteiger partial charge in [-0.2, -0.15) is 0 Å². The Morgan fingerprint density at radius 1 is 1.22 bits per heavy atom. The molecule has 27 heavy (non-hydrogen) atoms. The summed E-state index contributed by atoms with van der Waals surface area (Å²) >= 11 is 0. The first-order chi connectivity index (χ1) is 12.6. The fourth-order valence-corrected chi connectivity index (χ4v) is 1.81. The summed E-state index contributed by atoms with van der Waals surface area (Å²) in [6.07, 6.45) is -0.660. The van der Waals surface area contributed by atoms with E-state index in [-0.39, 0.29) is 23.0 Å². The number of carboxylic acid groups (broad SMARTS) is 1. The van der Waals surface area contributed by atoms with Gasteiger partial charge in [-0.15, -0.1) is 0 Å². The maximum atomic E-state index is 12.1. The smallest absolute Gasteiger partial charge is 0.336 e. The zero-order valence-electron chi connectivity index (χ0n) is 14.2. The van der Waals surface area contributed by atoms with Crippen LogP contribution in [0, 0.1) is 0 Å². The molecule has 1 atom stereocenters. The highest BCUT2D eigenvalue weighted by Crippen LogP contribution is 2.28. The van der Waals surface area contributed by atoms with Crippen LogP contribution >= 0.6 is 0 Å². The van der Waals surface area contributed by atoms with Crippen LogP contribution in [-0.4, -0.2) is 48.0 Å². The number of benzene rings is 1. The topological polar surface area (TPSA) is 224 Å². The molecule has 0 bridgehead atoms. The first-order valence-corrected chi connectivity index (χ1v) is 7.29. The molecule has 0 fully saturated rings. The van der Waals surface area contributed by atoms with Crippen LogP contribution in [0.15, 0.2) is 23.2 Å². The number of hydrogen-bond donors (Lipinski definition) is 7. The highest BCUT2D eigenvalue weighted by molar-refractivity contribution is 6.04. The molecular formula is C14H19N7O6. The molecule has 10 N–H and O–H groups in total. The number of aliphatic carboxylic acids is 1. The summed E-state index contributed by atoms with van der Waals surface area (Å²) in [5.41, 5.74) is 20.0. The van der Waals surface area contributed by atoms with Gasteiger partial charge in [-0.25, -0.2) is 15.2 Å². The lowest BCUT2D eigenvalue weighted by Gasteiger charge is -2.14. The van der Waals surface area contributed by atoms with Crippen LogP contribution in [-0.2, 0) is 9.59 Å². The number of ether oxygens (including phenoxy) is 1. The third kappa shape index (κ3) is 6.87. The molecule has 0 unspecified atom stereocenters. The Bertz CT molecular complexity index is 775. The lowest BCUT2D eigenvalue weighted by molar-refractivity contribution is -0.139. The molecule has 1 rings (SSSR count). The van der Waals surface area contributed by atoms with Crippen molar-refractivity contribution >= 4 is 35.5 Å². The van der Waals surface area contributed by atoms with Crippen LogP contribution in [0.3, 0.4) is 0 Å². The predicted octanol–water partition coefficient (Wildman–Crippen LogP) is -2.13. The molecule has 13 heteroatoms. The minimum Gasteiger partial charge on any atom is -0.494 e. The van der Waals surface area contributed by atoms with E-state index < -0.39 is 36.3 Å². The second kappa shape index (κ2) is 9.57. The molecule has 0 aliphatic heterocycles. The second-order valence-corrected chi connectivity index (χ2v) is 5.03. The largest absolute Gasteiger partial charge is 0.494 e. The van der Waals surface area contributed by atoms with Gasteiger partial charge in [0.1, 0.15) is 17.5 Å². The maximum absolute atomic E-state index is 12.1. The van der Waals surface area contributed by atoms with E-state index in [2.05, 4.69) is 10.4 Å². The van der Waals surface area contributed by atoms with Crippen molar-refractivity contribution in [2.24, 2.45) is 22.2 Å². The number of urea groups is 1. The van der Waals surface area contributed by atoms with Crippen molar-refractivity contribution in [1.82, 2.24) is 16.2 Å². The monoisotopic (exact) mass is 381 g/mol. The van der Waals surface area contributed by atoms with E-state index in [1.807, 2.05) is 10.7 Å². The Morgan fingerprint density at radius 2 is 1.89 bits per heavy atom. The Balaban J connectivity index is 2.75. The molecule has 13 nitrogen and oxygen atoms in total. The van der Waals surface area contributed by atoms with Crippen LogP contribution < -0.4 is 38.1 Å². The molecule has 4 amide bonds. The molecule has 1 aromatic carbocycles. The normalized spacial score (nSPS) is 11.0.